The van der Waals surface area contributed by atoms with Crippen molar-refractivity contribution in [1.82, 2.24) is 0 Å². The normalized spacial score (nSPS) is 42.8. The molecule has 0 amide bonds. The number of aliphatic hydroxyl groups is 1. The number of ketones is 1. The van der Waals surface area contributed by atoms with Crippen molar-refractivity contribution in [3.8, 4) is 0 Å². The van der Waals surface area contributed by atoms with Crippen molar-refractivity contribution in [2.24, 2.45) is 34.5 Å². The van der Waals surface area contributed by atoms with Crippen LogP contribution in [0.4, 0.5) is 4.39 Å². The predicted molar refractivity (Wildman–Crippen MR) is 133 cm³/mol. The molecule has 7 heteroatoms. The summed E-state index contributed by atoms with van der Waals surface area (Å²) in [6.07, 6.45) is 2.58. The highest BCUT2D eigenvalue weighted by molar-refractivity contribution is 5.96. The van der Waals surface area contributed by atoms with Gasteiger partial charge < -0.3 is 19.3 Å². The number of hydrogen-bond donors (Lipinski definition) is 1. The molecule has 5 aliphatic rings. The summed E-state index contributed by atoms with van der Waals surface area (Å²) in [5.41, 5.74) is -1.66. The first kappa shape index (κ1) is 25.0. The van der Waals surface area contributed by atoms with Crippen LogP contribution in [0.15, 0.2) is 47.6 Å². The number of benzene rings is 1. The van der Waals surface area contributed by atoms with Gasteiger partial charge in [-0.2, -0.15) is 0 Å². The van der Waals surface area contributed by atoms with E-state index in [1.54, 1.807) is 20.8 Å². The number of rotatable bonds is 2. The van der Waals surface area contributed by atoms with Crippen molar-refractivity contribution in [3.63, 3.8) is 0 Å². The first-order valence-electron chi connectivity index (χ1n) is 13.2. The van der Waals surface area contributed by atoms with Crippen LogP contribution in [-0.2, 0) is 19.0 Å². The third kappa shape index (κ3) is 3.20. The van der Waals surface area contributed by atoms with E-state index in [0.717, 1.165) is 6.42 Å². The highest BCUT2D eigenvalue weighted by Gasteiger charge is 2.77. The molecule has 6 rings (SSSR count). The molecule has 1 aliphatic heterocycles. The van der Waals surface area contributed by atoms with Gasteiger partial charge in [0.2, 0.25) is 0 Å². The lowest BCUT2D eigenvalue weighted by Crippen LogP contribution is -2.68. The molecule has 8 atom stereocenters. The quantitative estimate of drug-likeness (QED) is 0.462. The maximum Gasteiger partial charge on any atom is 0.338 e. The molecule has 2 saturated carbocycles. The van der Waals surface area contributed by atoms with Gasteiger partial charge >= 0.3 is 5.97 Å². The Kier molecular flexibility index (Phi) is 5.13. The highest BCUT2D eigenvalue weighted by Crippen LogP contribution is 2.72. The molecule has 1 aromatic carbocycles. The van der Waals surface area contributed by atoms with Gasteiger partial charge in [0, 0.05) is 5.92 Å². The van der Waals surface area contributed by atoms with E-state index < -0.39 is 40.8 Å². The van der Waals surface area contributed by atoms with Crippen LogP contribution in [0.2, 0.25) is 0 Å². The van der Waals surface area contributed by atoms with Gasteiger partial charge in [-0.3, -0.25) is 4.79 Å². The summed E-state index contributed by atoms with van der Waals surface area (Å²) < 4.78 is 31.9. The third-order valence-electron chi connectivity index (χ3n) is 9.98. The standard InChI is InChI=1S/C30H35FO6/c1-15-13-29-16(2)11-21-22(27(21,3)4)20(23(29)32)12-18-14-35-28(5,6)37-25(18)30(29,34)24(15)36-26(33)17-7-9-19(31)10-8-17/h7-10,12-13,16,20-22,24-25,34H,11,14H2,1-6H3/t16-,20?,21?,22?,24?,25?,29?,30?/m1/s1. The lowest BCUT2D eigenvalue weighted by atomic mass is 9.59. The Bertz CT molecular complexity index is 1250. The van der Waals surface area contributed by atoms with Crippen molar-refractivity contribution in [1.29, 1.82) is 0 Å². The summed E-state index contributed by atoms with van der Waals surface area (Å²) in [6, 6.07) is 5.08. The Morgan fingerprint density at radius 2 is 1.84 bits per heavy atom. The van der Waals surface area contributed by atoms with E-state index in [-0.39, 0.29) is 41.1 Å². The molecule has 1 saturated heterocycles. The van der Waals surface area contributed by atoms with E-state index >= 15 is 0 Å². The predicted octanol–water partition coefficient (Wildman–Crippen LogP) is 4.62. The van der Waals surface area contributed by atoms with Gasteiger partial charge in [0.05, 0.1) is 17.6 Å². The van der Waals surface area contributed by atoms with Crippen molar-refractivity contribution in [3.05, 3.63) is 58.9 Å². The average molecular weight is 511 g/mol. The zero-order valence-corrected chi connectivity index (χ0v) is 22.2. The smallest absolute Gasteiger partial charge is 0.338 e. The lowest BCUT2D eigenvalue weighted by molar-refractivity contribution is -0.302. The topological polar surface area (TPSA) is 82.1 Å². The van der Waals surface area contributed by atoms with E-state index in [9.17, 15) is 19.1 Å². The highest BCUT2D eigenvalue weighted by atomic mass is 19.1. The summed E-state index contributed by atoms with van der Waals surface area (Å²) in [7, 11) is 0. The summed E-state index contributed by atoms with van der Waals surface area (Å²) in [4.78, 5) is 27.9. The number of hydrogen-bond acceptors (Lipinski definition) is 6. The minimum absolute atomic E-state index is 0.0205. The fourth-order valence-corrected chi connectivity index (χ4v) is 8.06. The Morgan fingerprint density at radius 3 is 2.51 bits per heavy atom. The SMILES string of the molecule is CC1=CC23C(=O)C(C=C4COC(C)(C)OC4C2(O)C1OC(=O)c1ccc(F)cc1)C1C(C[C@H]3C)C1(C)C. The van der Waals surface area contributed by atoms with E-state index in [2.05, 4.69) is 13.8 Å². The monoisotopic (exact) mass is 510 g/mol. The lowest BCUT2D eigenvalue weighted by Gasteiger charge is -2.52. The van der Waals surface area contributed by atoms with Crippen LogP contribution < -0.4 is 0 Å². The first-order valence-corrected chi connectivity index (χ1v) is 13.2. The zero-order valence-electron chi connectivity index (χ0n) is 22.2. The molecular formula is C30H35FO6. The molecule has 1 aromatic rings. The summed E-state index contributed by atoms with van der Waals surface area (Å²) in [6.45, 7) is 12.0. The Balaban J connectivity index is 1.51. The number of halogens is 1. The third-order valence-corrected chi connectivity index (χ3v) is 9.98. The van der Waals surface area contributed by atoms with Gasteiger partial charge in [-0.05, 0) is 85.8 Å². The minimum Gasteiger partial charge on any atom is -0.451 e. The minimum atomic E-state index is -1.87. The van der Waals surface area contributed by atoms with Crippen LogP contribution in [0.25, 0.3) is 0 Å². The maximum atomic E-state index is 14.7. The van der Waals surface area contributed by atoms with Crippen LogP contribution >= 0.6 is 0 Å². The molecule has 1 N–H and O–H groups in total. The van der Waals surface area contributed by atoms with E-state index in [1.165, 1.54) is 24.3 Å². The van der Waals surface area contributed by atoms with Gasteiger partial charge in [0.1, 0.15) is 11.9 Å². The van der Waals surface area contributed by atoms with Crippen molar-refractivity contribution < 1.29 is 33.3 Å². The Hall–Kier alpha value is -2.35. The fourth-order valence-electron chi connectivity index (χ4n) is 8.06. The van der Waals surface area contributed by atoms with Crippen molar-refractivity contribution >= 4 is 11.8 Å². The second-order valence-corrected chi connectivity index (χ2v) is 12.8. The molecule has 0 aromatic heterocycles. The molecule has 0 radical (unpaired) electrons. The van der Waals surface area contributed by atoms with Gasteiger partial charge in [-0.25, -0.2) is 9.18 Å². The number of ether oxygens (including phenoxy) is 3. The van der Waals surface area contributed by atoms with E-state index in [0.29, 0.717) is 17.1 Å². The molecule has 6 nitrogen and oxygen atoms in total. The molecule has 1 heterocycles. The Labute approximate surface area is 216 Å². The molecular weight excluding hydrogens is 475 g/mol. The summed E-state index contributed by atoms with van der Waals surface area (Å²) in [5, 5.41) is 13.0. The number of allylic oxidation sites excluding steroid dienone is 1. The van der Waals surface area contributed by atoms with Gasteiger partial charge in [-0.15, -0.1) is 0 Å². The summed E-state index contributed by atoms with van der Waals surface area (Å²) in [5.74, 6) is -2.29. The molecule has 7 unspecified atom stereocenters. The Morgan fingerprint density at radius 1 is 1.16 bits per heavy atom. The molecule has 4 aliphatic carbocycles. The second-order valence-electron chi connectivity index (χ2n) is 12.8. The molecule has 1 spiro atoms. The number of carbonyl (C=O) groups excluding carboxylic acids is 2. The van der Waals surface area contributed by atoms with E-state index in [4.69, 9.17) is 14.2 Å². The number of Topliss-reactive ketones (excluding diaryl/α,β-unsaturated/α-hetero) is 1. The number of esters is 1. The van der Waals surface area contributed by atoms with Gasteiger partial charge in [0.15, 0.2) is 23.3 Å². The fraction of sp³-hybridized carbons (Fsp3) is 0.600. The average Bonchev–Trinajstić information content (AvgIpc) is 3.32. The number of carbonyl (C=O) groups is 2. The van der Waals surface area contributed by atoms with Crippen molar-refractivity contribution in [2.75, 3.05) is 6.61 Å². The molecule has 3 fully saturated rings. The largest absolute Gasteiger partial charge is 0.451 e. The van der Waals surface area contributed by atoms with Gasteiger partial charge in [-0.1, -0.05) is 32.9 Å². The van der Waals surface area contributed by atoms with Crippen LogP contribution in [0.5, 0.6) is 0 Å². The first-order chi connectivity index (χ1) is 17.2. The van der Waals surface area contributed by atoms with Crippen LogP contribution in [0, 0.1) is 40.3 Å². The van der Waals surface area contributed by atoms with Gasteiger partial charge in [0.25, 0.3) is 0 Å². The van der Waals surface area contributed by atoms with Crippen LogP contribution in [0.3, 0.4) is 0 Å². The number of fused-ring (bicyclic) bond motifs is 5. The zero-order chi connectivity index (χ0) is 26.7. The van der Waals surface area contributed by atoms with Crippen molar-refractivity contribution in [2.45, 2.75) is 71.6 Å². The maximum absolute atomic E-state index is 14.7. The molecule has 2 bridgehead atoms. The molecule has 37 heavy (non-hydrogen) atoms. The van der Waals surface area contributed by atoms with Crippen LogP contribution in [0.1, 0.15) is 58.3 Å². The second kappa shape index (κ2) is 7.61. The summed E-state index contributed by atoms with van der Waals surface area (Å²) >= 11 is 0. The van der Waals surface area contributed by atoms with E-state index in [1.807, 2.05) is 19.1 Å². The molecule has 198 valence electrons. The van der Waals surface area contributed by atoms with Crippen LogP contribution in [-0.4, -0.2) is 47.1 Å².